The molecule has 1 N–H and O–H groups in total. The first-order valence-electron chi connectivity index (χ1n) is 11.0. The average Bonchev–Trinajstić information content (AvgIpc) is 3.56. The fourth-order valence-electron chi connectivity index (χ4n) is 4.79. The van der Waals surface area contributed by atoms with Crippen LogP contribution in [0.2, 0.25) is 0 Å². The molecular weight excluding hydrogens is 404 g/mol. The number of aliphatic hydroxyl groups excluding tert-OH is 1. The first-order valence-corrected chi connectivity index (χ1v) is 11.0. The molecule has 32 heavy (non-hydrogen) atoms. The van der Waals surface area contributed by atoms with Gasteiger partial charge in [0.15, 0.2) is 17.1 Å². The van der Waals surface area contributed by atoms with Crippen molar-refractivity contribution < 1.29 is 14.6 Å². The van der Waals surface area contributed by atoms with Crippen LogP contribution >= 0.6 is 0 Å². The van der Waals surface area contributed by atoms with Crippen molar-refractivity contribution >= 4 is 11.5 Å². The van der Waals surface area contributed by atoms with Crippen LogP contribution in [0, 0.1) is 6.92 Å². The van der Waals surface area contributed by atoms with E-state index in [0.717, 1.165) is 70.4 Å². The molecule has 1 saturated heterocycles. The largest absolute Gasteiger partial charge is 0.454 e. The van der Waals surface area contributed by atoms with Crippen LogP contribution in [0.1, 0.15) is 18.5 Å². The highest BCUT2D eigenvalue weighted by Crippen LogP contribution is 2.39. The van der Waals surface area contributed by atoms with Gasteiger partial charge in [-0.15, -0.1) is 0 Å². The molecule has 2 aromatic heterocycles. The molecule has 2 aliphatic rings. The van der Waals surface area contributed by atoms with Crippen molar-refractivity contribution in [2.45, 2.75) is 25.8 Å². The Labute approximate surface area is 185 Å². The van der Waals surface area contributed by atoms with Gasteiger partial charge in [-0.3, -0.25) is 0 Å². The van der Waals surface area contributed by atoms with Crippen LogP contribution in [-0.2, 0) is 0 Å². The van der Waals surface area contributed by atoms with Crippen LogP contribution in [0.15, 0.2) is 54.6 Å². The van der Waals surface area contributed by atoms with E-state index >= 15 is 0 Å². The Bertz CT molecular complexity index is 1300. The number of anilines is 1. The fraction of sp³-hybridized carbons (Fsp3) is 0.280. The Morgan fingerprint density at radius 2 is 1.88 bits per heavy atom. The predicted octanol–water partition coefficient (Wildman–Crippen LogP) is 4.06. The molecule has 2 aromatic carbocycles. The van der Waals surface area contributed by atoms with Gasteiger partial charge < -0.3 is 19.5 Å². The molecule has 0 amide bonds. The number of benzene rings is 2. The van der Waals surface area contributed by atoms with E-state index in [1.165, 1.54) is 0 Å². The van der Waals surface area contributed by atoms with Gasteiger partial charge >= 0.3 is 0 Å². The van der Waals surface area contributed by atoms with E-state index in [0.29, 0.717) is 0 Å². The molecule has 4 heterocycles. The van der Waals surface area contributed by atoms with Gasteiger partial charge in [-0.25, -0.2) is 9.50 Å². The van der Waals surface area contributed by atoms with Gasteiger partial charge in [0.1, 0.15) is 5.82 Å². The van der Waals surface area contributed by atoms with Gasteiger partial charge in [-0.05, 0) is 37.5 Å². The summed E-state index contributed by atoms with van der Waals surface area (Å²) in [7, 11) is 0. The van der Waals surface area contributed by atoms with E-state index in [1.54, 1.807) is 0 Å². The van der Waals surface area contributed by atoms with E-state index < -0.39 is 0 Å². The maximum atomic E-state index is 9.91. The SMILES string of the molecule is Cc1nn2c(-c3ccccc3)cc(N3CCCC3CO)nc2c1-c1ccc2c(c1)OCO2. The van der Waals surface area contributed by atoms with Crippen molar-refractivity contribution in [2.24, 2.45) is 0 Å². The van der Waals surface area contributed by atoms with Crippen LogP contribution in [0.3, 0.4) is 0 Å². The summed E-state index contributed by atoms with van der Waals surface area (Å²) in [6.45, 7) is 3.26. The lowest BCUT2D eigenvalue weighted by Gasteiger charge is -2.25. The van der Waals surface area contributed by atoms with Crippen LogP contribution in [0.25, 0.3) is 28.0 Å². The summed E-state index contributed by atoms with van der Waals surface area (Å²) in [6.07, 6.45) is 2.02. The number of hydrogen-bond acceptors (Lipinski definition) is 6. The van der Waals surface area contributed by atoms with Crippen LogP contribution in [-0.4, -0.2) is 45.7 Å². The first kappa shape index (κ1) is 19.1. The lowest BCUT2D eigenvalue weighted by Crippen LogP contribution is -2.32. The molecule has 1 atom stereocenters. The molecule has 1 unspecified atom stereocenters. The molecule has 7 nitrogen and oxygen atoms in total. The zero-order valence-corrected chi connectivity index (χ0v) is 17.9. The summed E-state index contributed by atoms with van der Waals surface area (Å²) in [5, 5.41) is 14.8. The van der Waals surface area contributed by atoms with Crippen LogP contribution in [0.5, 0.6) is 11.5 Å². The number of hydrogen-bond donors (Lipinski definition) is 1. The third-order valence-corrected chi connectivity index (χ3v) is 6.36. The lowest BCUT2D eigenvalue weighted by molar-refractivity contribution is 0.174. The van der Waals surface area contributed by atoms with E-state index in [9.17, 15) is 5.11 Å². The Morgan fingerprint density at radius 3 is 2.72 bits per heavy atom. The fourth-order valence-corrected chi connectivity index (χ4v) is 4.79. The molecule has 4 aromatic rings. The zero-order valence-electron chi connectivity index (χ0n) is 17.9. The molecular formula is C25H24N4O3. The Balaban J connectivity index is 1.60. The quantitative estimate of drug-likeness (QED) is 0.529. The molecule has 0 radical (unpaired) electrons. The third-order valence-electron chi connectivity index (χ3n) is 6.36. The minimum Gasteiger partial charge on any atom is -0.454 e. The number of ether oxygens (including phenoxy) is 2. The minimum atomic E-state index is 0.0894. The van der Waals surface area contributed by atoms with Gasteiger partial charge in [-0.1, -0.05) is 36.4 Å². The van der Waals surface area contributed by atoms with Crippen molar-refractivity contribution in [2.75, 3.05) is 24.8 Å². The molecule has 7 heteroatoms. The molecule has 162 valence electrons. The number of rotatable bonds is 4. The van der Waals surface area contributed by atoms with E-state index in [4.69, 9.17) is 19.6 Å². The van der Waals surface area contributed by atoms with E-state index in [-0.39, 0.29) is 19.4 Å². The third kappa shape index (κ3) is 3.00. The summed E-state index contributed by atoms with van der Waals surface area (Å²) < 4.78 is 13.0. The molecule has 6 rings (SSSR count). The highest BCUT2D eigenvalue weighted by molar-refractivity contribution is 5.84. The highest BCUT2D eigenvalue weighted by Gasteiger charge is 2.27. The Hall–Kier alpha value is -3.58. The summed E-state index contributed by atoms with van der Waals surface area (Å²) in [6, 6.07) is 18.4. The van der Waals surface area contributed by atoms with E-state index in [2.05, 4.69) is 23.1 Å². The van der Waals surface area contributed by atoms with Gasteiger partial charge in [0, 0.05) is 23.7 Å². The highest BCUT2D eigenvalue weighted by atomic mass is 16.7. The van der Waals surface area contributed by atoms with E-state index in [1.807, 2.05) is 47.8 Å². The summed E-state index contributed by atoms with van der Waals surface area (Å²) in [5.41, 5.74) is 5.70. The second kappa shape index (κ2) is 7.53. The molecule has 0 saturated carbocycles. The lowest BCUT2D eigenvalue weighted by atomic mass is 10.1. The molecule has 0 aliphatic carbocycles. The molecule has 1 fully saturated rings. The standard InChI is InChI=1S/C25H24N4O3/c1-16-24(18-9-10-21-22(12-18)32-15-31-21)25-26-23(28-11-5-8-19(28)14-30)13-20(29(25)27-16)17-6-3-2-4-7-17/h2-4,6-7,9-10,12-13,19,30H,5,8,11,14-15H2,1H3. The number of aliphatic hydroxyl groups is 1. The van der Waals surface area contributed by atoms with Crippen molar-refractivity contribution in [3.8, 4) is 33.9 Å². The number of aryl methyl sites for hydroxylation is 1. The topological polar surface area (TPSA) is 72.1 Å². The Kier molecular flexibility index (Phi) is 4.50. The molecule has 0 bridgehead atoms. The Morgan fingerprint density at radius 1 is 1.03 bits per heavy atom. The van der Waals surface area contributed by atoms with Crippen molar-refractivity contribution in [1.29, 1.82) is 0 Å². The van der Waals surface area contributed by atoms with Gasteiger partial charge in [0.2, 0.25) is 6.79 Å². The zero-order chi connectivity index (χ0) is 21.7. The van der Waals surface area contributed by atoms with Crippen LogP contribution < -0.4 is 14.4 Å². The summed E-state index contributed by atoms with van der Waals surface area (Å²) >= 11 is 0. The second-order valence-corrected chi connectivity index (χ2v) is 8.30. The van der Waals surface area contributed by atoms with Gasteiger partial charge in [-0.2, -0.15) is 5.10 Å². The van der Waals surface area contributed by atoms with Gasteiger partial charge in [0.05, 0.1) is 24.0 Å². The minimum absolute atomic E-state index is 0.0894. The monoisotopic (exact) mass is 428 g/mol. The second-order valence-electron chi connectivity index (χ2n) is 8.30. The van der Waals surface area contributed by atoms with Crippen molar-refractivity contribution in [3.05, 3.63) is 60.3 Å². The smallest absolute Gasteiger partial charge is 0.231 e. The average molecular weight is 428 g/mol. The summed E-state index contributed by atoms with van der Waals surface area (Å²) in [4.78, 5) is 7.30. The number of fused-ring (bicyclic) bond motifs is 2. The number of aromatic nitrogens is 3. The van der Waals surface area contributed by atoms with Crippen molar-refractivity contribution in [1.82, 2.24) is 14.6 Å². The van der Waals surface area contributed by atoms with Crippen LogP contribution in [0.4, 0.5) is 5.82 Å². The predicted molar refractivity (Wildman–Crippen MR) is 122 cm³/mol. The maximum absolute atomic E-state index is 9.91. The summed E-state index contributed by atoms with van der Waals surface area (Å²) in [5.74, 6) is 2.36. The van der Waals surface area contributed by atoms with Gasteiger partial charge in [0.25, 0.3) is 0 Å². The maximum Gasteiger partial charge on any atom is 0.231 e. The normalized spacial score (nSPS) is 17.4. The first-order chi connectivity index (χ1) is 15.7. The number of nitrogens with zero attached hydrogens (tertiary/aromatic N) is 4. The molecule has 2 aliphatic heterocycles. The van der Waals surface area contributed by atoms with Crippen molar-refractivity contribution in [3.63, 3.8) is 0 Å². The molecule has 0 spiro atoms.